The van der Waals surface area contributed by atoms with Gasteiger partial charge < -0.3 is 10.6 Å². The Bertz CT molecular complexity index is 484. The summed E-state index contributed by atoms with van der Waals surface area (Å²) in [5.41, 5.74) is 0. The molecule has 0 saturated carbocycles. The summed E-state index contributed by atoms with van der Waals surface area (Å²) >= 11 is 0. The lowest BCUT2D eigenvalue weighted by Gasteiger charge is -2.24. The van der Waals surface area contributed by atoms with Gasteiger partial charge in [0.1, 0.15) is 0 Å². The second-order valence-electron chi connectivity index (χ2n) is 5.41. The van der Waals surface area contributed by atoms with Crippen molar-refractivity contribution in [2.45, 2.75) is 37.8 Å². The molecule has 0 bridgehead atoms. The van der Waals surface area contributed by atoms with Crippen molar-refractivity contribution in [3.05, 3.63) is 12.2 Å². The van der Waals surface area contributed by atoms with Gasteiger partial charge >= 0.3 is 0 Å². The number of guanidine groups is 1. The van der Waals surface area contributed by atoms with Crippen molar-refractivity contribution >= 4 is 40.0 Å². The molecule has 0 spiro atoms. The Morgan fingerprint density at radius 1 is 1.38 bits per heavy atom. The lowest BCUT2D eigenvalue weighted by molar-refractivity contribution is 0.387. The third-order valence-corrected chi connectivity index (χ3v) is 5.16. The topological polar surface area (TPSA) is 73.8 Å². The van der Waals surface area contributed by atoms with Gasteiger partial charge in [0, 0.05) is 32.2 Å². The number of nitrogens with zero attached hydrogens (tertiary/aromatic N) is 2. The summed E-state index contributed by atoms with van der Waals surface area (Å²) in [4.78, 5) is 4.20. The van der Waals surface area contributed by atoms with Crippen LogP contribution in [-0.4, -0.2) is 57.2 Å². The van der Waals surface area contributed by atoms with E-state index in [0.717, 1.165) is 31.6 Å². The van der Waals surface area contributed by atoms with Crippen molar-refractivity contribution in [1.29, 1.82) is 0 Å². The van der Waals surface area contributed by atoms with E-state index in [-0.39, 0.29) is 30.0 Å². The fourth-order valence-corrected chi connectivity index (χ4v) is 3.97. The average Bonchev–Trinajstić information content (AvgIpc) is 3.04. The van der Waals surface area contributed by atoms with Crippen LogP contribution in [-0.2, 0) is 10.0 Å². The maximum absolute atomic E-state index is 11.7. The van der Waals surface area contributed by atoms with Crippen molar-refractivity contribution in [1.82, 2.24) is 14.9 Å². The van der Waals surface area contributed by atoms with Crippen molar-refractivity contribution in [2.75, 3.05) is 26.4 Å². The molecule has 1 aliphatic carbocycles. The smallest absolute Gasteiger partial charge is 0.211 e. The normalized spacial score (nSPS) is 24.1. The van der Waals surface area contributed by atoms with E-state index < -0.39 is 10.0 Å². The minimum absolute atomic E-state index is 0. The van der Waals surface area contributed by atoms with Gasteiger partial charge in [-0.1, -0.05) is 12.2 Å². The largest absolute Gasteiger partial charge is 0.355 e. The van der Waals surface area contributed by atoms with Crippen LogP contribution in [0.2, 0.25) is 0 Å². The van der Waals surface area contributed by atoms with E-state index in [1.54, 1.807) is 11.4 Å². The Morgan fingerprint density at radius 2 is 2.05 bits per heavy atom. The first-order valence-electron chi connectivity index (χ1n) is 7.09. The van der Waals surface area contributed by atoms with E-state index in [1.165, 1.54) is 6.26 Å². The predicted molar refractivity (Wildman–Crippen MR) is 96.6 cm³/mol. The Morgan fingerprint density at radius 3 is 2.62 bits per heavy atom. The number of aliphatic imine (C=N–C) groups is 1. The lowest BCUT2D eigenvalue weighted by Crippen LogP contribution is -2.48. The van der Waals surface area contributed by atoms with Crippen molar-refractivity contribution < 1.29 is 8.42 Å². The Balaban J connectivity index is 0.00000220. The number of hydrogen-bond donors (Lipinski definition) is 2. The van der Waals surface area contributed by atoms with Gasteiger partial charge in [-0.15, -0.1) is 24.0 Å². The van der Waals surface area contributed by atoms with Gasteiger partial charge in [-0.3, -0.25) is 4.99 Å². The average molecular weight is 428 g/mol. The maximum atomic E-state index is 11.7. The van der Waals surface area contributed by atoms with Gasteiger partial charge in [0.25, 0.3) is 0 Å². The molecule has 21 heavy (non-hydrogen) atoms. The van der Waals surface area contributed by atoms with E-state index in [9.17, 15) is 8.42 Å². The summed E-state index contributed by atoms with van der Waals surface area (Å²) in [7, 11) is -1.37. The van der Waals surface area contributed by atoms with Crippen molar-refractivity contribution in [2.24, 2.45) is 4.99 Å². The van der Waals surface area contributed by atoms with Crippen LogP contribution < -0.4 is 10.6 Å². The molecular formula is C13H25IN4O2S. The molecule has 0 amide bonds. The molecule has 0 aromatic heterocycles. The molecule has 122 valence electrons. The molecule has 0 aromatic carbocycles. The first-order valence-corrected chi connectivity index (χ1v) is 8.94. The van der Waals surface area contributed by atoms with Crippen LogP contribution in [0.5, 0.6) is 0 Å². The van der Waals surface area contributed by atoms with Gasteiger partial charge in [-0.05, 0) is 25.7 Å². The molecule has 2 N–H and O–H groups in total. The van der Waals surface area contributed by atoms with Crippen LogP contribution in [0.15, 0.2) is 17.1 Å². The number of halogens is 1. The maximum Gasteiger partial charge on any atom is 0.211 e. The van der Waals surface area contributed by atoms with Gasteiger partial charge in [0.2, 0.25) is 10.0 Å². The summed E-state index contributed by atoms with van der Waals surface area (Å²) < 4.78 is 24.9. The van der Waals surface area contributed by atoms with E-state index in [4.69, 9.17) is 0 Å². The summed E-state index contributed by atoms with van der Waals surface area (Å²) in [6, 6.07) is 0.432. The second kappa shape index (κ2) is 8.33. The third-order valence-electron chi connectivity index (χ3n) is 3.83. The highest BCUT2D eigenvalue weighted by atomic mass is 127. The zero-order valence-electron chi connectivity index (χ0n) is 12.6. The van der Waals surface area contributed by atoms with Crippen LogP contribution >= 0.6 is 24.0 Å². The zero-order valence-corrected chi connectivity index (χ0v) is 15.7. The first-order chi connectivity index (χ1) is 9.50. The SMILES string of the molecule is CN=C(NC[C@H]1CCCN1S(C)(=O)=O)NC1CC=CC1.I. The molecule has 1 atom stereocenters. The highest BCUT2D eigenvalue weighted by Gasteiger charge is 2.31. The molecule has 6 nitrogen and oxygen atoms in total. The summed E-state index contributed by atoms with van der Waals surface area (Å²) in [5.74, 6) is 0.749. The predicted octanol–water partition coefficient (Wildman–Crippen LogP) is 0.912. The molecule has 8 heteroatoms. The molecule has 1 aliphatic heterocycles. The second-order valence-corrected chi connectivity index (χ2v) is 7.34. The van der Waals surface area contributed by atoms with E-state index in [0.29, 0.717) is 19.1 Å². The first kappa shape index (κ1) is 18.7. The Labute approximate surface area is 144 Å². The number of nitrogens with one attached hydrogen (secondary N) is 2. The van der Waals surface area contributed by atoms with Crippen LogP contribution in [0.4, 0.5) is 0 Å². The molecule has 1 fully saturated rings. The zero-order chi connectivity index (χ0) is 14.6. The van der Waals surface area contributed by atoms with Crippen LogP contribution in [0.25, 0.3) is 0 Å². The Hall–Kier alpha value is -0.350. The lowest BCUT2D eigenvalue weighted by atomic mass is 10.2. The number of sulfonamides is 1. The number of hydrogen-bond acceptors (Lipinski definition) is 3. The fraction of sp³-hybridized carbons (Fsp3) is 0.769. The van der Waals surface area contributed by atoms with Gasteiger partial charge in [0.05, 0.1) is 6.26 Å². The highest BCUT2D eigenvalue weighted by molar-refractivity contribution is 14.0. The van der Waals surface area contributed by atoms with Crippen molar-refractivity contribution in [3.63, 3.8) is 0 Å². The standard InChI is InChI=1S/C13H24N4O2S.HI/c1-14-13(16-11-6-3-4-7-11)15-10-12-8-5-9-17(12)20(2,18)19;/h3-4,11-12H,5-10H2,1-2H3,(H2,14,15,16);1H/t12-;/m1./s1. The van der Waals surface area contributed by atoms with Crippen LogP contribution in [0.3, 0.4) is 0 Å². The summed E-state index contributed by atoms with van der Waals surface area (Å²) in [6.45, 7) is 1.23. The third kappa shape index (κ3) is 5.41. The Kier molecular flexibility index (Phi) is 7.41. The van der Waals surface area contributed by atoms with Crippen LogP contribution in [0.1, 0.15) is 25.7 Å². The highest BCUT2D eigenvalue weighted by Crippen LogP contribution is 2.19. The quantitative estimate of drug-likeness (QED) is 0.302. The van der Waals surface area contributed by atoms with Gasteiger partial charge in [0.15, 0.2) is 5.96 Å². The minimum atomic E-state index is -3.11. The molecular weight excluding hydrogens is 403 g/mol. The minimum Gasteiger partial charge on any atom is -0.355 e. The fourth-order valence-electron chi connectivity index (χ4n) is 2.79. The molecule has 1 heterocycles. The summed E-state index contributed by atoms with van der Waals surface area (Å²) in [5, 5.41) is 6.60. The van der Waals surface area contributed by atoms with E-state index >= 15 is 0 Å². The molecule has 1 saturated heterocycles. The number of rotatable bonds is 4. The summed E-state index contributed by atoms with van der Waals surface area (Å²) in [6.07, 6.45) is 9.46. The molecule has 0 unspecified atom stereocenters. The van der Waals surface area contributed by atoms with E-state index in [1.807, 2.05) is 0 Å². The molecule has 0 radical (unpaired) electrons. The molecule has 2 rings (SSSR count). The molecule has 2 aliphatic rings. The molecule has 0 aromatic rings. The van der Waals surface area contributed by atoms with E-state index in [2.05, 4.69) is 27.8 Å². The van der Waals surface area contributed by atoms with Crippen LogP contribution in [0, 0.1) is 0 Å². The monoisotopic (exact) mass is 428 g/mol. The van der Waals surface area contributed by atoms with Gasteiger partial charge in [-0.2, -0.15) is 4.31 Å². The van der Waals surface area contributed by atoms with Crippen molar-refractivity contribution in [3.8, 4) is 0 Å². The van der Waals surface area contributed by atoms with Gasteiger partial charge in [-0.25, -0.2) is 8.42 Å².